The smallest absolute Gasteiger partial charge is 0.475 e. The van der Waals surface area contributed by atoms with E-state index in [0.717, 1.165) is 10.9 Å². The molecule has 0 unspecified atom stereocenters. The molecule has 1 saturated heterocycles. The Kier molecular flexibility index (Phi) is 8.14. The number of anilines is 2. The molecule has 4 rings (SSSR count). The number of aliphatic hydroxyl groups is 1. The third kappa shape index (κ3) is 6.62. The Morgan fingerprint density at radius 3 is 2.43 bits per heavy atom. The van der Waals surface area contributed by atoms with Gasteiger partial charge in [-0.2, -0.15) is 13.2 Å². The molecule has 1 aromatic heterocycles. The Balaban J connectivity index is 0.000000479. The number of nitrogen functional groups attached to an aromatic ring is 1. The maximum atomic E-state index is 12.9. The van der Waals surface area contributed by atoms with Gasteiger partial charge in [0.1, 0.15) is 5.84 Å². The number of amides is 2. The normalized spacial score (nSPS) is 16.5. The molecule has 0 radical (unpaired) electrons. The summed E-state index contributed by atoms with van der Waals surface area (Å²) in [7, 11) is 0. The van der Waals surface area contributed by atoms with Crippen LogP contribution >= 0.6 is 0 Å². The molecule has 2 amide bonds. The number of ether oxygens (including phenoxy) is 1. The van der Waals surface area contributed by atoms with Crippen molar-refractivity contribution in [2.75, 3.05) is 23.4 Å². The summed E-state index contributed by atoms with van der Waals surface area (Å²) in [6.45, 7) is 0.513. The number of carbonyl (C=O) groups excluding carboxylic acids is 2. The van der Waals surface area contributed by atoms with Crippen LogP contribution in [0, 0.1) is 5.41 Å². The number of hydrogen-bond acceptors (Lipinski definition) is 6. The van der Waals surface area contributed by atoms with Crippen molar-refractivity contribution in [3.05, 3.63) is 60.3 Å². The molecule has 2 atom stereocenters. The number of morpholine rings is 1. The van der Waals surface area contributed by atoms with Gasteiger partial charge in [0.15, 0.2) is 12.2 Å². The largest absolute Gasteiger partial charge is 0.490 e. The van der Waals surface area contributed by atoms with E-state index in [2.05, 4.69) is 10.3 Å². The number of halogens is 3. The van der Waals surface area contributed by atoms with Gasteiger partial charge in [0.25, 0.3) is 11.8 Å². The summed E-state index contributed by atoms with van der Waals surface area (Å²) in [5, 5.41) is 28.6. The number of carboxylic acid groups (broad SMARTS) is 1. The zero-order chi connectivity index (χ0) is 27.3. The molecular formula is C23H22F3N5O6. The minimum atomic E-state index is -5.08. The van der Waals surface area contributed by atoms with E-state index in [1.54, 1.807) is 24.3 Å². The van der Waals surface area contributed by atoms with Gasteiger partial charge < -0.3 is 35.9 Å². The number of amidine groups is 1. The quantitative estimate of drug-likeness (QED) is 0.219. The second-order valence-electron chi connectivity index (χ2n) is 7.76. The van der Waals surface area contributed by atoms with E-state index < -0.39 is 36.2 Å². The molecule has 2 heterocycles. The Labute approximate surface area is 207 Å². The molecule has 11 nitrogen and oxygen atoms in total. The number of nitrogens with zero attached hydrogens (tertiary/aromatic N) is 1. The molecule has 1 aliphatic heterocycles. The Morgan fingerprint density at radius 2 is 1.84 bits per heavy atom. The fraction of sp³-hybridized carbons (Fsp3) is 0.217. The lowest BCUT2D eigenvalue weighted by Gasteiger charge is -2.34. The van der Waals surface area contributed by atoms with Gasteiger partial charge in [0, 0.05) is 35.2 Å². The van der Waals surface area contributed by atoms with E-state index >= 15 is 0 Å². The van der Waals surface area contributed by atoms with E-state index in [0.29, 0.717) is 23.5 Å². The molecule has 0 saturated carbocycles. The number of alkyl halides is 3. The Bertz CT molecular complexity index is 1310. The molecule has 196 valence electrons. The molecule has 0 spiro atoms. The van der Waals surface area contributed by atoms with Crippen molar-refractivity contribution in [1.82, 2.24) is 4.98 Å². The van der Waals surface area contributed by atoms with Gasteiger partial charge in [-0.15, -0.1) is 0 Å². The molecule has 1 fully saturated rings. The highest BCUT2D eigenvalue weighted by Crippen LogP contribution is 2.25. The first-order chi connectivity index (χ1) is 17.4. The van der Waals surface area contributed by atoms with Crippen molar-refractivity contribution < 1.29 is 42.5 Å². The Morgan fingerprint density at radius 1 is 1.19 bits per heavy atom. The first kappa shape index (κ1) is 27.2. The highest BCUT2D eigenvalue weighted by molar-refractivity contribution is 6.04. The lowest BCUT2D eigenvalue weighted by molar-refractivity contribution is -0.192. The monoisotopic (exact) mass is 521 g/mol. The maximum Gasteiger partial charge on any atom is 0.490 e. The summed E-state index contributed by atoms with van der Waals surface area (Å²) < 4.78 is 37.2. The number of benzene rings is 2. The van der Waals surface area contributed by atoms with Crippen LogP contribution in [0.1, 0.15) is 5.56 Å². The standard InChI is InChI=1S/C21H21N5O4.C2HF3O2/c22-19(23)13-1-4-14(5-2-13)25-20(28)17(27)18-21(29)26(9-10-30-18)15-6-3-12-7-8-24-16(12)11-15;3-2(4,5)1(6)7/h1-8,11,17-18,24,27H,9-10H2,(H3,22,23)(H,25,28);(H,6,7)/t17-,18-;/m1./s1. The van der Waals surface area contributed by atoms with Crippen LogP contribution in [-0.2, 0) is 19.1 Å². The number of nitrogens with one attached hydrogen (secondary N) is 3. The van der Waals surface area contributed by atoms with Crippen LogP contribution in [-0.4, -0.2) is 70.4 Å². The van der Waals surface area contributed by atoms with Crippen molar-refractivity contribution in [1.29, 1.82) is 5.41 Å². The number of aliphatic carboxylic acids is 1. The number of hydrogen-bond donors (Lipinski definition) is 6. The van der Waals surface area contributed by atoms with Gasteiger partial charge in [0.05, 0.1) is 6.61 Å². The van der Waals surface area contributed by atoms with Crippen molar-refractivity contribution in [2.45, 2.75) is 18.4 Å². The summed E-state index contributed by atoms with van der Waals surface area (Å²) in [6.07, 6.45) is -6.26. The van der Waals surface area contributed by atoms with E-state index in [1.807, 2.05) is 30.5 Å². The van der Waals surface area contributed by atoms with Crippen LogP contribution in [0.5, 0.6) is 0 Å². The topological polar surface area (TPSA) is 182 Å². The fourth-order valence-electron chi connectivity index (χ4n) is 3.38. The molecular weight excluding hydrogens is 499 g/mol. The van der Waals surface area contributed by atoms with Crippen LogP contribution < -0.4 is 16.0 Å². The number of carbonyl (C=O) groups is 3. The second-order valence-corrected chi connectivity index (χ2v) is 7.76. The van der Waals surface area contributed by atoms with Crippen molar-refractivity contribution in [2.24, 2.45) is 5.73 Å². The van der Waals surface area contributed by atoms with E-state index in [4.69, 9.17) is 25.8 Å². The molecule has 0 aliphatic carbocycles. The van der Waals surface area contributed by atoms with Gasteiger partial charge in [0.2, 0.25) is 0 Å². The number of aromatic amines is 1. The highest BCUT2D eigenvalue weighted by Gasteiger charge is 2.39. The van der Waals surface area contributed by atoms with Crippen molar-refractivity contribution in [3.8, 4) is 0 Å². The Hall–Kier alpha value is -4.43. The molecule has 1 aliphatic rings. The van der Waals surface area contributed by atoms with Gasteiger partial charge in [-0.3, -0.25) is 15.0 Å². The number of aromatic nitrogens is 1. The van der Waals surface area contributed by atoms with Crippen molar-refractivity contribution >= 4 is 45.9 Å². The number of rotatable bonds is 5. The minimum Gasteiger partial charge on any atom is -0.475 e. The number of aliphatic hydroxyl groups excluding tert-OH is 1. The first-order valence-corrected chi connectivity index (χ1v) is 10.6. The van der Waals surface area contributed by atoms with Crippen LogP contribution in [0.4, 0.5) is 24.5 Å². The minimum absolute atomic E-state index is 0.0910. The molecule has 14 heteroatoms. The van der Waals surface area contributed by atoms with Gasteiger partial charge >= 0.3 is 12.1 Å². The summed E-state index contributed by atoms with van der Waals surface area (Å²) in [6, 6.07) is 13.8. The second kappa shape index (κ2) is 11.1. The predicted octanol–water partition coefficient (Wildman–Crippen LogP) is 1.82. The number of fused-ring (bicyclic) bond motifs is 1. The summed E-state index contributed by atoms with van der Waals surface area (Å²) in [4.78, 5) is 38.9. The van der Waals surface area contributed by atoms with Gasteiger partial charge in [-0.25, -0.2) is 4.79 Å². The van der Waals surface area contributed by atoms with Crippen LogP contribution in [0.15, 0.2) is 54.7 Å². The molecule has 3 aromatic rings. The average Bonchev–Trinajstić information content (AvgIpc) is 3.32. The lowest BCUT2D eigenvalue weighted by atomic mass is 10.1. The first-order valence-electron chi connectivity index (χ1n) is 10.6. The SMILES string of the molecule is N=C(N)c1ccc(NC(=O)[C@H](O)[C@H]2OCCN(c3ccc4cc[nH]c4c3)C2=O)cc1.O=C(O)C(F)(F)F. The highest BCUT2D eigenvalue weighted by atomic mass is 19.4. The summed E-state index contributed by atoms with van der Waals surface area (Å²) >= 11 is 0. The van der Waals surface area contributed by atoms with Gasteiger partial charge in [-0.05, 0) is 47.9 Å². The number of carboxylic acids is 1. The van der Waals surface area contributed by atoms with Crippen LogP contribution in [0.3, 0.4) is 0 Å². The van der Waals surface area contributed by atoms with E-state index in [9.17, 15) is 27.9 Å². The average molecular weight is 521 g/mol. The maximum absolute atomic E-state index is 12.9. The van der Waals surface area contributed by atoms with Crippen LogP contribution in [0.25, 0.3) is 10.9 Å². The van der Waals surface area contributed by atoms with Crippen LogP contribution in [0.2, 0.25) is 0 Å². The molecule has 2 aromatic carbocycles. The van der Waals surface area contributed by atoms with E-state index in [-0.39, 0.29) is 12.4 Å². The lowest BCUT2D eigenvalue weighted by Crippen LogP contribution is -2.55. The zero-order valence-corrected chi connectivity index (χ0v) is 19.0. The number of nitrogens with two attached hydrogens (primary N) is 1. The van der Waals surface area contributed by atoms with Crippen molar-refractivity contribution in [3.63, 3.8) is 0 Å². The fourth-order valence-corrected chi connectivity index (χ4v) is 3.38. The molecule has 0 bridgehead atoms. The predicted molar refractivity (Wildman–Crippen MR) is 126 cm³/mol. The summed E-state index contributed by atoms with van der Waals surface area (Å²) in [5.74, 6) is -4.09. The molecule has 37 heavy (non-hydrogen) atoms. The number of H-pyrrole nitrogens is 1. The van der Waals surface area contributed by atoms with E-state index in [1.165, 1.54) is 4.90 Å². The molecule has 7 N–H and O–H groups in total. The van der Waals surface area contributed by atoms with Gasteiger partial charge in [-0.1, -0.05) is 6.07 Å². The third-order valence-corrected chi connectivity index (χ3v) is 5.23. The zero-order valence-electron chi connectivity index (χ0n) is 19.0. The third-order valence-electron chi connectivity index (χ3n) is 5.23. The summed E-state index contributed by atoms with van der Waals surface area (Å²) in [5.41, 5.74) is 7.87.